The molecule has 0 atom stereocenters. The highest BCUT2D eigenvalue weighted by Crippen LogP contribution is 2.17. The molecule has 0 unspecified atom stereocenters. The van der Waals surface area contributed by atoms with Crippen LogP contribution < -0.4 is 5.32 Å². The Balaban J connectivity index is 1.97. The Bertz CT molecular complexity index is 588. The molecule has 1 heterocycles. The van der Waals surface area contributed by atoms with Crippen LogP contribution in [0.3, 0.4) is 0 Å². The minimum absolute atomic E-state index is 0.103. The normalized spacial score (nSPS) is 10.9. The lowest BCUT2D eigenvalue weighted by Crippen LogP contribution is -2.10. The number of benzene rings is 1. The van der Waals surface area contributed by atoms with Gasteiger partial charge in [0.2, 0.25) is 11.8 Å². The van der Waals surface area contributed by atoms with E-state index in [9.17, 15) is 4.79 Å². The molecule has 5 heteroatoms. The van der Waals surface area contributed by atoms with E-state index in [1.54, 1.807) is 0 Å². The van der Waals surface area contributed by atoms with Crippen molar-refractivity contribution in [1.29, 1.82) is 0 Å². The number of carbonyl (C=O) groups excluding carboxylic acids is 1. The van der Waals surface area contributed by atoms with Gasteiger partial charge in [0.15, 0.2) is 0 Å². The van der Waals surface area contributed by atoms with Gasteiger partial charge in [-0.2, -0.15) is 0 Å². The molecule has 0 saturated carbocycles. The summed E-state index contributed by atoms with van der Waals surface area (Å²) in [4.78, 5) is 11.4. The number of hydrogen-bond donors (Lipinski definition) is 1. The van der Waals surface area contributed by atoms with E-state index in [1.807, 2.05) is 6.92 Å². The number of amides is 1. The molecule has 0 aliphatic carbocycles. The summed E-state index contributed by atoms with van der Waals surface area (Å²) in [6, 6.07) is 8.52. The number of anilines is 1. The average molecular weight is 287 g/mol. The third-order valence-electron chi connectivity index (χ3n) is 3.19. The first-order chi connectivity index (χ1) is 10.1. The fourth-order valence-corrected chi connectivity index (χ4v) is 1.98. The van der Waals surface area contributed by atoms with Gasteiger partial charge in [-0.15, -0.1) is 5.10 Å². The Morgan fingerprint density at radius 3 is 2.57 bits per heavy atom. The second-order valence-corrected chi connectivity index (χ2v) is 5.37. The molecule has 2 aromatic rings. The van der Waals surface area contributed by atoms with Crippen LogP contribution in [0, 0.1) is 0 Å². The molecule has 0 radical (unpaired) electrons. The van der Waals surface area contributed by atoms with Crippen LogP contribution in [-0.4, -0.2) is 16.1 Å². The van der Waals surface area contributed by atoms with Crippen LogP contribution in [0.15, 0.2) is 28.7 Å². The maximum atomic E-state index is 11.4. The number of rotatable bonds is 6. The molecule has 1 aromatic carbocycles. The van der Waals surface area contributed by atoms with Crippen molar-refractivity contribution in [3.05, 3.63) is 41.3 Å². The van der Waals surface area contributed by atoms with Gasteiger partial charge in [-0.3, -0.25) is 10.1 Å². The van der Waals surface area contributed by atoms with Crippen LogP contribution >= 0.6 is 0 Å². The smallest absolute Gasteiger partial charge is 0.322 e. The molecular weight excluding hydrogens is 266 g/mol. The first-order valence-corrected chi connectivity index (χ1v) is 7.29. The summed E-state index contributed by atoms with van der Waals surface area (Å²) in [5, 5.41) is 10.4. The summed E-state index contributed by atoms with van der Waals surface area (Å²) in [5.41, 5.74) is 2.41. The number of hydrogen-bond acceptors (Lipinski definition) is 4. The third kappa shape index (κ3) is 4.41. The van der Waals surface area contributed by atoms with Crippen molar-refractivity contribution in [2.45, 2.75) is 46.0 Å². The zero-order valence-corrected chi connectivity index (χ0v) is 12.7. The zero-order valence-electron chi connectivity index (χ0n) is 12.7. The van der Waals surface area contributed by atoms with E-state index in [0.717, 1.165) is 12.0 Å². The minimum atomic E-state index is -0.103. The molecule has 1 aromatic heterocycles. The summed E-state index contributed by atoms with van der Waals surface area (Å²) < 4.78 is 5.43. The molecule has 2 rings (SSSR count). The molecule has 0 saturated heterocycles. The van der Waals surface area contributed by atoms with Gasteiger partial charge in [-0.05, 0) is 23.5 Å². The lowest BCUT2D eigenvalue weighted by atomic mass is 10.0. The van der Waals surface area contributed by atoms with E-state index in [2.05, 4.69) is 53.6 Å². The van der Waals surface area contributed by atoms with Crippen LogP contribution in [0.25, 0.3) is 0 Å². The predicted octanol–water partition coefficient (Wildman–Crippen LogP) is 3.52. The zero-order chi connectivity index (χ0) is 15.2. The van der Waals surface area contributed by atoms with Gasteiger partial charge in [0.05, 0.1) is 6.42 Å². The standard InChI is InChI=1S/C16H21N3O2/c1-4-5-14(20)17-16-19-18-15(21-16)10-12-6-8-13(9-7-12)11(2)3/h6-9,11H,4-5,10H2,1-3H3,(H,17,19,20). The molecule has 0 aliphatic heterocycles. The third-order valence-corrected chi connectivity index (χ3v) is 3.19. The number of carbonyl (C=O) groups is 1. The summed E-state index contributed by atoms with van der Waals surface area (Å²) in [6.45, 7) is 6.27. The van der Waals surface area contributed by atoms with Gasteiger partial charge in [0, 0.05) is 6.42 Å². The van der Waals surface area contributed by atoms with E-state index >= 15 is 0 Å². The summed E-state index contributed by atoms with van der Waals surface area (Å²) in [6.07, 6.45) is 1.80. The van der Waals surface area contributed by atoms with Gasteiger partial charge in [-0.25, -0.2) is 0 Å². The molecule has 1 N–H and O–H groups in total. The molecule has 0 aliphatic rings. The Hall–Kier alpha value is -2.17. The maximum absolute atomic E-state index is 11.4. The number of nitrogens with one attached hydrogen (secondary N) is 1. The van der Waals surface area contributed by atoms with Crippen molar-refractivity contribution in [3.63, 3.8) is 0 Å². The second kappa shape index (κ2) is 7.02. The lowest BCUT2D eigenvalue weighted by Gasteiger charge is -2.05. The molecular formula is C16H21N3O2. The largest absolute Gasteiger partial charge is 0.407 e. The summed E-state index contributed by atoms with van der Waals surface area (Å²) in [5.74, 6) is 0.913. The molecule has 0 fully saturated rings. The highest BCUT2D eigenvalue weighted by Gasteiger charge is 2.10. The summed E-state index contributed by atoms with van der Waals surface area (Å²) >= 11 is 0. The SMILES string of the molecule is CCCC(=O)Nc1nnc(Cc2ccc(C(C)C)cc2)o1. The lowest BCUT2D eigenvalue weighted by molar-refractivity contribution is -0.116. The Morgan fingerprint density at radius 1 is 1.24 bits per heavy atom. The summed E-state index contributed by atoms with van der Waals surface area (Å²) in [7, 11) is 0. The van der Waals surface area contributed by atoms with Gasteiger partial charge in [-0.1, -0.05) is 50.1 Å². The average Bonchev–Trinajstić information content (AvgIpc) is 2.86. The van der Waals surface area contributed by atoms with Crippen molar-refractivity contribution >= 4 is 11.9 Å². The van der Waals surface area contributed by atoms with Crippen molar-refractivity contribution in [2.75, 3.05) is 5.32 Å². The van der Waals surface area contributed by atoms with Crippen molar-refractivity contribution in [1.82, 2.24) is 10.2 Å². The number of aromatic nitrogens is 2. The fourth-order valence-electron chi connectivity index (χ4n) is 1.98. The van der Waals surface area contributed by atoms with Crippen molar-refractivity contribution in [2.24, 2.45) is 0 Å². The Kier molecular flexibility index (Phi) is 5.09. The van der Waals surface area contributed by atoms with Gasteiger partial charge in [0.1, 0.15) is 0 Å². The molecule has 0 spiro atoms. The fraction of sp³-hybridized carbons (Fsp3) is 0.438. The van der Waals surface area contributed by atoms with Crippen molar-refractivity contribution in [3.8, 4) is 0 Å². The van der Waals surface area contributed by atoms with Gasteiger partial charge in [0.25, 0.3) is 0 Å². The van der Waals surface area contributed by atoms with Crippen LogP contribution in [0.1, 0.15) is 56.5 Å². The van der Waals surface area contributed by atoms with Crippen LogP contribution in [0.5, 0.6) is 0 Å². The second-order valence-electron chi connectivity index (χ2n) is 5.37. The van der Waals surface area contributed by atoms with Crippen molar-refractivity contribution < 1.29 is 9.21 Å². The van der Waals surface area contributed by atoms with Crippen LogP contribution in [-0.2, 0) is 11.2 Å². The van der Waals surface area contributed by atoms with E-state index in [1.165, 1.54) is 5.56 Å². The molecule has 112 valence electrons. The predicted molar refractivity (Wildman–Crippen MR) is 81.2 cm³/mol. The Labute approximate surface area is 124 Å². The maximum Gasteiger partial charge on any atom is 0.322 e. The van der Waals surface area contributed by atoms with E-state index in [-0.39, 0.29) is 11.9 Å². The van der Waals surface area contributed by atoms with E-state index < -0.39 is 0 Å². The highest BCUT2D eigenvalue weighted by molar-refractivity contribution is 5.88. The number of nitrogens with zero attached hydrogens (tertiary/aromatic N) is 2. The van der Waals surface area contributed by atoms with Gasteiger partial charge >= 0.3 is 6.01 Å². The first-order valence-electron chi connectivity index (χ1n) is 7.29. The molecule has 0 bridgehead atoms. The van der Waals surface area contributed by atoms with Crippen LogP contribution in [0.2, 0.25) is 0 Å². The highest BCUT2D eigenvalue weighted by atomic mass is 16.4. The minimum Gasteiger partial charge on any atom is -0.407 e. The quantitative estimate of drug-likeness (QED) is 0.882. The van der Waals surface area contributed by atoms with E-state index in [4.69, 9.17) is 4.42 Å². The van der Waals surface area contributed by atoms with Gasteiger partial charge < -0.3 is 4.42 Å². The molecule has 5 nitrogen and oxygen atoms in total. The van der Waals surface area contributed by atoms with Crippen LogP contribution in [0.4, 0.5) is 6.01 Å². The van der Waals surface area contributed by atoms with E-state index in [0.29, 0.717) is 24.7 Å². The topological polar surface area (TPSA) is 68.0 Å². The molecule has 21 heavy (non-hydrogen) atoms. The Morgan fingerprint density at radius 2 is 1.95 bits per heavy atom. The molecule has 1 amide bonds. The first kappa shape index (κ1) is 15.2. The monoisotopic (exact) mass is 287 g/mol.